The second kappa shape index (κ2) is 8.64. The summed E-state index contributed by atoms with van der Waals surface area (Å²) in [5, 5.41) is 8.81. The lowest BCUT2D eigenvalue weighted by molar-refractivity contribution is 0.0526. The van der Waals surface area contributed by atoms with Gasteiger partial charge in [-0.25, -0.2) is 9.78 Å². The van der Waals surface area contributed by atoms with Gasteiger partial charge in [0, 0.05) is 5.56 Å². The molecule has 0 spiro atoms. The first-order valence-corrected chi connectivity index (χ1v) is 10.3. The fraction of sp³-hybridized carbons (Fsp3) is 0.250. The van der Waals surface area contributed by atoms with Crippen LogP contribution in [0.1, 0.15) is 28.9 Å². The van der Waals surface area contributed by atoms with Gasteiger partial charge in [0.2, 0.25) is 11.6 Å². The zero-order valence-corrected chi connectivity index (χ0v) is 17.9. The number of thioether (sulfide) groups is 1. The number of nitrogens with two attached hydrogens (primary N) is 1. The van der Waals surface area contributed by atoms with Gasteiger partial charge in [-0.15, -0.1) is 10.2 Å². The van der Waals surface area contributed by atoms with E-state index in [1.165, 1.54) is 11.8 Å². The molecular formula is C20H19N5O5S. The molecule has 31 heavy (non-hydrogen) atoms. The number of rotatable bonds is 7. The summed E-state index contributed by atoms with van der Waals surface area (Å²) in [6, 6.07) is 7.29. The summed E-state index contributed by atoms with van der Waals surface area (Å²) < 4.78 is 21.5. The van der Waals surface area contributed by atoms with Crippen LogP contribution >= 0.6 is 11.8 Å². The number of esters is 1. The zero-order chi connectivity index (χ0) is 22.0. The van der Waals surface area contributed by atoms with Crippen LogP contribution in [0.4, 0.5) is 5.82 Å². The van der Waals surface area contributed by atoms with Gasteiger partial charge in [-0.1, -0.05) is 11.8 Å². The lowest BCUT2D eigenvalue weighted by atomic mass is 10.2. The third kappa shape index (κ3) is 4.17. The van der Waals surface area contributed by atoms with Crippen molar-refractivity contribution in [3.63, 3.8) is 0 Å². The minimum Gasteiger partial charge on any atom is -0.497 e. The molecule has 4 rings (SSSR count). The van der Waals surface area contributed by atoms with Gasteiger partial charge in [0.15, 0.2) is 0 Å². The van der Waals surface area contributed by atoms with E-state index in [4.69, 9.17) is 24.0 Å². The topological polar surface area (TPSA) is 139 Å². The summed E-state index contributed by atoms with van der Waals surface area (Å²) in [7, 11) is 1.60. The maximum atomic E-state index is 12.2. The lowest BCUT2D eigenvalue weighted by Crippen LogP contribution is -2.07. The number of hydrogen-bond donors (Lipinski definition) is 1. The van der Waals surface area contributed by atoms with Gasteiger partial charge < -0.3 is 24.0 Å². The molecule has 0 saturated heterocycles. The molecule has 0 amide bonds. The largest absolute Gasteiger partial charge is 0.497 e. The van der Waals surface area contributed by atoms with Crippen molar-refractivity contribution in [2.75, 3.05) is 19.5 Å². The van der Waals surface area contributed by atoms with Crippen LogP contribution < -0.4 is 10.5 Å². The Morgan fingerprint density at radius 1 is 1.16 bits per heavy atom. The molecule has 0 aliphatic rings. The molecule has 10 nitrogen and oxygen atoms in total. The van der Waals surface area contributed by atoms with Crippen LogP contribution in [0.3, 0.4) is 0 Å². The third-order valence-electron chi connectivity index (χ3n) is 4.35. The zero-order valence-electron chi connectivity index (χ0n) is 17.0. The molecule has 0 fully saturated rings. The smallest absolute Gasteiger partial charge is 0.342 e. The van der Waals surface area contributed by atoms with E-state index in [1.54, 1.807) is 21.0 Å². The Bertz CT molecular complexity index is 1230. The molecule has 3 aromatic heterocycles. The van der Waals surface area contributed by atoms with Crippen LogP contribution in [-0.2, 0) is 10.5 Å². The fourth-order valence-electron chi connectivity index (χ4n) is 2.94. The highest BCUT2D eigenvalue weighted by Crippen LogP contribution is 2.31. The molecule has 3 heterocycles. The van der Waals surface area contributed by atoms with Crippen molar-refractivity contribution in [1.82, 2.24) is 20.2 Å². The average molecular weight is 441 g/mol. The van der Waals surface area contributed by atoms with Crippen LogP contribution in [0.15, 0.2) is 38.3 Å². The number of methoxy groups -OCH3 is 1. The molecule has 4 aromatic rings. The van der Waals surface area contributed by atoms with E-state index in [-0.39, 0.29) is 23.7 Å². The van der Waals surface area contributed by atoms with Crippen LogP contribution in [0, 0.1) is 6.92 Å². The predicted octanol–water partition coefficient (Wildman–Crippen LogP) is 3.64. The van der Waals surface area contributed by atoms with Gasteiger partial charge in [0.25, 0.3) is 5.22 Å². The number of aryl methyl sites for hydroxylation is 1. The number of hydrogen-bond acceptors (Lipinski definition) is 11. The molecule has 0 atom stereocenters. The number of carbonyl (C=O) groups is 1. The maximum absolute atomic E-state index is 12.2. The Labute approximate surface area is 181 Å². The Morgan fingerprint density at radius 2 is 1.94 bits per heavy atom. The molecule has 0 bridgehead atoms. The highest BCUT2D eigenvalue weighted by molar-refractivity contribution is 7.98. The Kier molecular flexibility index (Phi) is 5.76. The quantitative estimate of drug-likeness (QED) is 0.332. The van der Waals surface area contributed by atoms with Gasteiger partial charge in [0.05, 0.1) is 24.9 Å². The summed E-state index contributed by atoms with van der Waals surface area (Å²) in [5.41, 5.74) is 7.34. The first-order chi connectivity index (χ1) is 15.0. The van der Waals surface area contributed by atoms with E-state index in [1.807, 2.05) is 24.3 Å². The number of anilines is 1. The van der Waals surface area contributed by atoms with Crippen molar-refractivity contribution in [2.45, 2.75) is 24.8 Å². The van der Waals surface area contributed by atoms with E-state index < -0.39 is 5.97 Å². The summed E-state index contributed by atoms with van der Waals surface area (Å²) in [5.74, 6) is 1.85. The van der Waals surface area contributed by atoms with Gasteiger partial charge in [0.1, 0.15) is 28.7 Å². The van der Waals surface area contributed by atoms with Crippen molar-refractivity contribution in [3.8, 4) is 17.2 Å². The molecule has 11 heteroatoms. The third-order valence-corrected chi connectivity index (χ3v) is 5.16. The van der Waals surface area contributed by atoms with Gasteiger partial charge in [-0.05, 0) is 38.1 Å². The highest BCUT2D eigenvalue weighted by Gasteiger charge is 2.24. The van der Waals surface area contributed by atoms with Crippen LogP contribution in [0.5, 0.6) is 5.75 Å². The molecule has 0 aliphatic heterocycles. The summed E-state index contributed by atoms with van der Waals surface area (Å²) in [6.45, 7) is 3.62. The van der Waals surface area contributed by atoms with E-state index in [0.29, 0.717) is 33.8 Å². The number of nitrogens with zero attached hydrogens (tertiary/aromatic N) is 4. The molecule has 0 saturated carbocycles. The number of ether oxygens (including phenoxy) is 2. The predicted molar refractivity (Wildman–Crippen MR) is 113 cm³/mol. The van der Waals surface area contributed by atoms with Gasteiger partial charge >= 0.3 is 5.97 Å². The molecular weight excluding hydrogens is 422 g/mol. The molecule has 160 valence electrons. The molecule has 2 N–H and O–H groups in total. The first-order valence-electron chi connectivity index (χ1n) is 9.33. The highest BCUT2D eigenvalue weighted by atomic mass is 32.2. The normalized spacial score (nSPS) is 11.1. The summed E-state index contributed by atoms with van der Waals surface area (Å²) in [6.07, 6.45) is 0. The average Bonchev–Trinajstić information content (AvgIpc) is 3.36. The van der Waals surface area contributed by atoms with Crippen molar-refractivity contribution < 1.29 is 23.1 Å². The van der Waals surface area contributed by atoms with Crippen molar-refractivity contribution >= 4 is 34.6 Å². The number of nitrogen functional groups attached to an aromatic ring is 1. The van der Waals surface area contributed by atoms with Gasteiger partial charge in [-0.2, -0.15) is 4.98 Å². The van der Waals surface area contributed by atoms with Crippen LogP contribution in [-0.4, -0.2) is 39.9 Å². The first kappa shape index (κ1) is 20.7. The van der Waals surface area contributed by atoms with Crippen LogP contribution in [0.2, 0.25) is 0 Å². The van der Waals surface area contributed by atoms with Crippen molar-refractivity contribution in [3.05, 3.63) is 41.4 Å². The number of fused-ring (bicyclic) bond motifs is 1. The van der Waals surface area contributed by atoms with E-state index in [9.17, 15) is 4.79 Å². The minimum atomic E-state index is -0.520. The Morgan fingerprint density at radius 3 is 2.65 bits per heavy atom. The van der Waals surface area contributed by atoms with Crippen molar-refractivity contribution in [2.24, 2.45) is 0 Å². The van der Waals surface area contributed by atoms with E-state index >= 15 is 0 Å². The monoisotopic (exact) mass is 441 g/mol. The van der Waals surface area contributed by atoms with Crippen molar-refractivity contribution in [1.29, 1.82) is 0 Å². The van der Waals surface area contributed by atoms with Crippen LogP contribution in [0.25, 0.3) is 22.6 Å². The lowest BCUT2D eigenvalue weighted by Gasteiger charge is -2.03. The number of benzene rings is 1. The standard InChI is InChI=1S/C20H19N5O5S/c1-4-28-19(26)14-10(2)29-18-15(14)16(21)22-13(23-18)9-31-20-25-24-17(30-20)11-5-7-12(27-3)8-6-11/h5-8H,4,9H2,1-3H3,(H2,21,22,23). The SMILES string of the molecule is CCOC(=O)c1c(C)oc2nc(CSc3nnc(-c4ccc(OC)cc4)o3)nc(N)c12. The Balaban J connectivity index is 1.52. The molecule has 0 unspecified atom stereocenters. The number of aromatic nitrogens is 4. The van der Waals surface area contributed by atoms with E-state index in [2.05, 4.69) is 20.2 Å². The van der Waals surface area contributed by atoms with Gasteiger partial charge in [-0.3, -0.25) is 0 Å². The molecule has 1 aromatic carbocycles. The minimum absolute atomic E-state index is 0.143. The fourth-order valence-corrected chi connectivity index (χ4v) is 3.56. The maximum Gasteiger partial charge on any atom is 0.342 e. The summed E-state index contributed by atoms with van der Waals surface area (Å²) >= 11 is 1.26. The number of carbonyl (C=O) groups excluding carboxylic acids is 1. The second-order valence-electron chi connectivity index (χ2n) is 6.35. The molecule has 0 aliphatic carbocycles. The number of furan rings is 1. The second-order valence-corrected chi connectivity index (χ2v) is 7.28. The Hall–Kier alpha value is -3.60. The summed E-state index contributed by atoms with van der Waals surface area (Å²) in [4.78, 5) is 20.9. The van der Waals surface area contributed by atoms with E-state index in [0.717, 1.165) is 11.3 Å². The molecule has 0 radical (unpaired) electrons.